The Morgan fingerprint density at radius 3 is 2.21 bits per heavy atom. The molecule has 1 unspecified atom stereocenters. The molecule has 0 aliphatic rings. The molecule has 0 fully saturated rings. The van der Waals surface area contributed by atoms with Gasteiger partial charge in [0.2, 0.25) is 0 Å². The van der Waals surface area contributed by atoms with Gasteiger partial charge in [0.15, 0.2) is 0 Å². The fourth-order valence-electron chi connectivity index (χ4n) is 4.43. The van der Waals surface area contributed by atoms with Crippen molar-refractivity contribution in [3.8, 4) is 11.3 Å². The van der Waals surface area contributed by atoms with Gasteiger partial charge in [-0.2, -0.15) is 0 Å². The van der Waals surface area contributed by atoms with E-state index in [1.54, 1.807) is 11.3 Å². The van der Waals surface area contributed by atoms with Crippen molar-refractivity contribution >= 4 is 23.0 Å². The van der Waals surface area contributed by atoms with Crippen LogP contribution in [-0.2, 0) is 30.5 Å². The minimum atomic E-state index is -0.832. The lowest BCUT2D eigenvalue weighted by Crippen LogP contribution is -2.39. The first-order chi connectivity index (χ1) is 18.5. The third kappa shape index (κ3) is 8.54. The number of nitrogens with one attached hydrogen (secondary N) is 2. The van der Waals surface area contributed by atoms with Crippen LogP contribution in [0.1, 0.15) is 35.5 Å². The third-order valence-electron chi connectivity index (χ3n) is 6.45. The summed E-state index contributed by atoms with van der Waals surface area (Å²) in [5.74, 6) is -0.151. The van der Waals surface area contributed by atoms with Crippen LogP contribution in [0.5, 0.6) is 0 Å². The second kappa shape index (κ2) is 13.9. The van der Waals surface area contributed by atoms with Crippen LogP contribution < -0.4 is 10.6 Å². The maximum atomic E-state index is 11.7. The third-order valence-corrected chi connectivity index (χ3v) is 7.36. The highest BCUT2D eigenvalue weighted by Gasteiger charge is 2.17. The Morgan fingerprint density at radius 2 is 1.53 bits per heavy atom. The molecule has 198 valence electrons. The number of benzene rings is 3. The topological polar surface area (TPSA) is 74.2 Å². The van der Waals surface area contributed by atoms with Gasteiger partial charge in [0.1, 0.15) is 6.04 Å². The Balaban J connectivity index is 1.22. The van der Waals surface area contributed by atoms with Gasteiger partial charge in [0.25, 0.3) is 0 Å². The van der Waals surface area contributed by atoms with Gasteiger partial charge in [-0.25, -0.2) is 4.98 Å². The van der Waals surface area contributed by atoms with Crippen molar-refractivity contribution in [1.29, 1.82) is 0 Å². The zero-order valence-corrected chi connectivity index (χ0v) is 23.0. The van der Waals surface area contributed by atoms with E-state index in [-0.39, 0.29) is 0 Å². The number of hydrogen-bond donors (Lipinski definition) is 3. The molecule has 3 N–H and O–H groups in total. The van der Waals surface area contributed by atoms with Crippen LogP contribution in [-0.4, -0.2) is 35.2 Å². The zero-order chi connectivity index (χ0) is 26.7. The molecule has 3 aromatic carbocycles. The summed E-state index contributed by atoms with van der Waals surface area (Å²) in [4.78, 5) is 16.4. The van der Waals surface area contributed by atoms with Gasteiger partial charge in [0.05, 0.1) is 10.7 Å². The van der Waals surface area contributed by atoms with Gasteiger partial charge in [-0.1, -0.05) is 80.6 Å². The molecular weight excluding hydrogens is 490 g/mol. The summed E-state index contributed by atoms with van der Waals surface area (Å²) in [6.45, 7) is 5.96. The smallest absolute Gasteiger partial charge is 0.321 e. The number of thiazole rings is 1. The predicted octanol–water partition coefficient (Wildman–Crippen LogP) is 6.49. The lowest BCUT2D eigenvalue weighted by atomic mass is 10.0. The van der Waals surface area contributed by atoms with Gasteiger partial charge in [-0.15, -0.1) is 11.3 Å². The second-order valence-electron chi connectivity index (χ2n) is 10.1. The summed E-state index contributed by atoms with van der Waals surface area (Å²) in [5.41, 5.74) is 6.90. The van der Waals surface area contributed by atoms with Crippen molar-refractivity contribution < 1.29 is 9.90 Å². The molecule has 0 bridgehead atoms. The Labute approximate surface area is 230 Å². The lowest BCUT2D eigenvalue weighted by Gasteiger charge is -2.14. The van der Waals surface area contributed by atoms with Crippen molar-refractivity contribution in [3.63, 3.8) is 0 Å². The summed E-state index contributed by atoms with van der Waals surface area (Å²) in [6.07, 6.45) is 3.27. The van der Waals surface area contributed by atoms with Gasteiger partial charge < -0.3 is 15.7 Å². The van der Waals surface area contributed by atoms with Gasteiger partial charge in [0, 0.05) is 36.1 Å². The van der Waals surface area contributed by atoms with E-state index in [0.29, 0.717) is 25.3 Å². The average Bonchev–Trinajstić information content (AvgIpc) is 3.39. The number of nitrogens with zero attached hydrogens (tertiary/aromatic N) is 1. The number of hydrogen-bond acceptors (Lipinski definition) is 5. The number of carboxylic acids is 1. The van der Waals surface area contributed by atoms with Gasteiger partial charge in [-0.3, -0.25) is 4.79 Å². The first-order valence-corrected chi connectivity index (χ1v) is 14.2. The quantitative estimate of drug-likeness (QED) is 0.175. The average molecular weight is 528 g/mol. The highest BCUT2D eigenvalue weighted by atomic mass is 32.1. The molecule has 0 amide bonds. The molecule has 0 saturated heterocycles. The number of carbonyl (C=O) groups is 1. The summed E-state index contributed by atoms with van der Waals surface area (Å²) in [6, 6.07) is 26.5. The van der Waals surface area contributed by atoms with Crippen molar-refractivity contribution in [2.75, 3.05) is 18.4 Å². The fourth-order valence-corrected chi connectivity index (χ4v) is 5.24. The van der Waals surface area contributed by atoms with Crippen LogP contribution in [0.2, 0.25) is 0 Å². The first kappa shape index (κ1) is 27.6. The van der Waals surface area contributed by atoms with E-state index in [0.717, 1.165) is 46.9 Å². The molecular formula is C32H37N3O2S. The van der Waals surface area contributed by atoms with E-state index < -0.39 is 12.0 Å². The van der Waals surface area contributed by atoms with Crippen molar-refractivity contribution in [3.05, 3.63) is 106 Å². The zero-order valence-electron chi connectivity index (χ0n) is 22.2. The molecule has 0 saturated carbocycles. The first-order valence-electron chi connectivity index (χ1n) is 13.3. The van der Waals surface area contributed by atoms with Crippen molar-refractivity contribution in [1.82, 2.24) is 10.3 Å². The van der Waals surface area contributed by atoms with E-state index in [4.69, 9.17) is 4.98 Å². The number of carboxylic acid groups (broad SMARTS) is 1. The van der Waals surface area contributed by atoms with Crippen molar-refractivity contribution in [2.45, 2.75) is 45.6 Å². The highest BCUT2D eigenvalue weighted by Crippen LogP contribution is 2.24. The normalized spacial score (nSPS) is 12.0. The minimum Gasteiger partial charge on any atom is -0.480 e. The van der Waals surface area contributed by atoms with E-state index >= 15 is 0 Å². The number of rotatable bonds is 14. The highest BCUT2D eigenvalue weighted by molar-refractivity contribution is 7.09. The van der Waals surface area contributed by atoms with Crippen LogP contribution in [0.25, 0.3) is 11.3 Å². The fraction of sp³-hybridized carbons (Fsp3) is 0.312. The molecule has 1 atom stereocenters. The van der Waals surface area contributed by atoms with Gasteiger partial charge in [-0.05, 0) is 54.0 Å². The molecule has 4 aromatic rings. The van der Waals surface area contributed by atoms with Gasteiger partial charge >= 0.3 is 5.97 Å². The molecule has 0 aliphatic carbocycles. The largest absolute Gasteiger partial charge is 0.480 e. The lowest BCUT2D eigenvalue weighted by molar-refractivity contribution is -0.139. The molecule has 0 spiro atoms. The van der Waals surface area contributed by atoms with Crippen LogP contribution in [0, 0.1) is 5.92 Å². The minimum absolute atomic E-state index is 0.463. The molecule has 5 nitrogen and oxygen atoms in total. The van der Waals surface area contributed by atoms with E-state index in [2.05, 4.69) is 78.4 Å². The Morgan fingerprint density at radius 1 is 0.842 bits per heavy atom. The molecule has 1 aromatic heterocycles. The predicted molar refractivity (Wildman–Crippen MR) is 158 cm³/mol. The summed E-state index contributed by atoms with van der Waals surface area (Å²) in [7, 11) is 0. The Bertz CT molecular complexity index is 1270. The standard InChI is InChI=1S/C32H37N3O2S/c1-23(2)20-26-10-8-24(9-11-26)16-18-33-28-14-12-27(13-15-28)30-22-38-31(35-30)17-19-34-29(32(36)37)21-25-6-4-3-5-7-25/h3-15,22-23,29,33-34H,16-21H2,1-2H3,(H,36,37). The van der Waals surface area contributed by atoms with Crippen LogP contribution in [0.3, 0.4) is 0 Å². The van der Waals surface area contributed by atoms with E-state index in [9.17, 15) is 9.90 Å². The number of anilines is 1. The molecule has 38 heavy (non-hydrogen) atoms. The Kier molecular flexibility index (Phi) is 10.1. The molecule has 4 rings (SSSR count). The second-order valence-corrected chi connectivity index (χ2v) is 11.0. The van der Waals surface area contributed by atoms with Crippen LogP contribution in [0.4, 0.5) is 5.69 Å². The van der Waals surface area contributed by atoms with Crippen LogP contribution in [0.15, 0.2) is 84.2 Å². The maximum Gasteiger partial charge on any atom is 0.321 e. The maximum absolute atomic E-state index is 11.7. The van der Waals surface area contributed by atoms with Crippen LogP contribution >= 0.6 is 11.3 Å². The number of aliphatic carboxylic acids is 1. The summed E-state index contributed by atoms with van der Waals surface area (Å²) in [5, 5.41) is 19.3. The molecule has 0 aliphatic heterocycles. The molecule has 6 heteroatoms. The summed E-state index contributed by atoms with van der Waals surface area (Å²) >= 11 is 1.61. The summed E-state index contributed by atoms with van der Waals surface area (Å²) < 4.78 is 0. The molecule has 1 heterocycles. The van der Waals surface area contributed by atoms with E-state index in [1.165, 1.54) is 11.1 Å². The molecule has 0 radical (unpaired) electrons. The number of aromatic nitrogens is 1. The monoisotopic (exact) mass is 527 g/mol. The van der Waals surface area contributed by atoms with E-state index in [1.807, 2.05) is 30.3 Å². The Hall–Kier alpha value is -3.48. The SMILES string of the molecule is CC(C)Cc1ccc(CCNc2ccc(-c3csc(CCNC(Cc4ccccc4)C(=O)O)n3)cc2)cc1. The van der Waals surface area contributed by atoms with Crippen molar-refractivity contribution in [2.24, 2.45) is 5.92 Å².